The minimum atomic E-state index is -0.691. The lowest BCUT2D eigenvalue weighted by atomic mass is 10.0. The minimum Gasteiger partial charge on any atom is -0.481 e. The van der Waals surface area contributed by atoms with E-state index in [1.54, 1.807) is 0 Å². The highest BCUT2D eigenvalue weighted by molar-refractivity contribution is 7.80. The van der Waals surface area contributed by atoms with Crippen molar-refractivity contribution in [2.75, 3.05) is 0 Å². The van der Waals surface area contributed by atoms with Crippen LogP contribution in [0.2, 0.25) is 0 Å². The smallest absolute Gasteiger partial charge is 0.303 e. The molecule has 0 aromatic carbocycles. The second-order valence-corrected chi connectivity index (χ2v) is 6.29. The third kappa shape index (κ3) is 15.8. The maximum Gasteiger partial charge on any atom is 0.303 e. The average molecular weight is 288 g/mol. The van der Waals surface area contributed by atoms with E-state index in [0.717, 1.165) is 19.3 Å². The van der Waals surface area contributed by atoms with Crippen molar-refractivity contribution >= 4 is 18.6 Å². The fraction of sp³-hybridized carbons (Fsp3) is 0.938. The van der Waals surface area contributed by atoms with E-state index in [9.17, 15) is 4.79 Å². The van der Waals surface area contributed by atoms with Gasteiger partial charge in [0.05, 0.1) is 0 Å². The number of carboxylic acids is 1. The van der Waals surface area contributed by atoms with Crippen molar-refractivity contribution in [1.29, 1.82) is 0 Å². The van der Waals surface area contributed by atoms with Crippen LogP contribution in [0.3, 0.4) is 0 Å². The van der Waals surface area contributed by atoms with Gasteiger partial charge in [-0.05, 0) is 19.3 Å². The van der Waals surface area contributed by atoms with Crippen LogP contribution in [0.1, 0.15) is 90.4 Å². The number of rotatable bonds is 14. The lowest BCUT2D eigenvalue weighted by Crippen LogP contribution is -2.01. The molecule has 0 aliphatic heterocycles. The first-order chi connectivity index (χ1) is 9.16. The minimum absolute atomic E-state index is 0.287. The molecule has 1 atom stereocenters. The fourth-order valence-corrected chi connectivity index (χ4v) is 2.69. The fourth-order valence-electron chi connectivity index (χ4n) is 2.32. The van der Waals surface area contributed by atoms with Gasteiger partial charge in [-0.3, -0.25) is 4.79 Å². The lowest BCUT2D eigenvalue weighted by molar-refractivity contribution is -0.137. The second-order valence-electron chi connectivity index (χ2n) is 5.56. The average Bonchev–Trinajstić information content (AvgIpc) is 2.36. The maximum atomic E-state index is 10.4. The molecular formula is C16H32O2S. The van der Waals surface area contributed by atoms with Crippen molar-refractivity contribution in [2.24, 2.45) is 0 Å². The number of thiol groups is 1. The van der Waals surface area contributed by atoms with Gasteiger partial charge >= 0.3 is 5.97 Å². The molecule has 0 fully saturated rings. The summed E-state index contributed by atoms with van der Waals surface area (Å²) in [5.41, 5.74) is 0. The van der Waals surface area contributed by atoms with Crippen LogP contribution in [0.25, 0.3) is 0 Å². The molecule has 114 valence electrons. The molecule has 0 aliphatic rings. The van der Waals surface area contributed by atoms with Gasteiger partial charge in [0.25, 0.3) is 0 Å². The largest absolute Gasteiger partial charge is 0.481 e. The van der Waals surface area contributed by atoms with Crippen LogP contribution in [-0.2, 0) is 4.79 Å². The molecule has 0 saturated carbocycles. The molecule has 1 N–H and O–H groups in total. The Morgan fingerprint density at radius 2 is 1.37 bits per heavy atom. The Balaban J connectivity index is 3.14. The van der Waals surface area contributed by atoms with Gasteiger partial charge < -0.3 is 5.11 Å². The van der Waals surface area contributed by atoms with E-state index in [1.165, 1.54) is 57.8 Å². The summed E-state index contributed by atoms with van der Waals surface area (Å²) in [6.45, 7) is 2.25. The van der Waals surface area contributed by atoms with Gasteiger partial charge in [-0.1, -0.05) is 64.7 Å². The first-order valence-corrected chi connectivity index (χ1v) is 8.58. The van der Waals surface area contributed by atoms with Gasteiger partial charge in [0, 0.05) is 11.7 Å². The number of carboxylic acid groups (broad SMARTS) is 1. The molecule has 0 aromatic rings. The van der Waals surface area contributed by atoms with Gasteiger partial charge in [0.1, 0.15) is 0 Å². The summed E-state index contributed by atoms with van der Waals surface area (Å²) in [5.74, 6) is -0.691. The van der Waals surface area contributed by atoms with Crippen LogP contribution in [0.4, 0.5) is 0 Å². The van der Waals surface area contributed by atoms with E-state index in [-0.39, 0.29) is 6.42 Å². The second kappa shape index (κ2) is 14.2. The quantitative estimate of drug-likeness (QED) is 0.329. The van der Waals surface area contributed by atoms with Crippen molar-refractivity contribution in [3.05, 3.63) is 0 Å². The zero-order chi connectivity index (χ0) is 14.3. The van der Waals surface area contributed by atoms with E-state index in [2.05, 4.69) is 19.6 Å². The molecule has 19 heavy (non-hydrogen) atoms. The number of hydrogen-bond acceptors (Lipinski definition) is 2. The highest BCUT2D eigenvalue weighted by Gasteiger charge is 2.04. The summed E-state index contributed by atoms with van der Waals surface area (Å²) >= 11 is 4.52. The Hall–Kier alpha value is -0.180. The van der Waals surface area contributed by atoms with E-state index in [0.29, 0.717) is 5.25 Å². The highest BCUT2D eigenvalue weighted by Crippen LogP contribution is 2.16. The van der Waals surface area contributed by atoms with Crippen LogP contribution in [-0.4, -0.2) is 16.3 Å². The molecular weight excluding hydrogens is 256 g/mol. The summed E-state index contributed by atoms with van der Waals surface area (Å²) in [6.07, 6.45) is 15.3. The molecule has 0 aromatic heterocycles. The predicted octanol–water partition coefficient (Wildman–Crippen LogP) is 5.46. The monoisotopic (exact) mass is 288 g/mol. The zero-order valence-electron chi connectivity index (χ0n) is 12.6. The molecule has 0 aliphatic carbocycles. The summed E-state index contributed by atoms with van der Waals surface area (Å²) in [5, 5.41) is 8.94. The SMILES string of the molecule is CCCCCCCCCCCC(S)CCCC(=O)O. The van der Waals surface area contributed by atoms with E-state index in [4.69, 9.17) is 5.11 Å². The van der Waals surface area contributed by atoms with E-state index >= 15 is 0 Å². The molecule has 0 amide bonds. The summed E-state index contributed by atoms with van der Waals surface area (Å²) in [4.78, 5) is 10.4. The highest BCUT2D eigenvalue weighted by atomic mass is 32.1. The zero-order valence-corrected chi connectivity index (χ0v) is 13.5. The van der Waals surface area contributed by atoms with Crippen LogP contribution < -0.4 is 0 Å². The number of hydrogen-bond donors (Lipinski definition) is 2. The summed E-state index contributed by atoms with van der Waals surface area (Å²) in [7, 11) is 0. The van der Waals surface area contributed by atoms with E-state index < -0.39 is 5.97 Å². The Morgan fingerprint density at radius 1 is 0.895 bits per heavy atom. The Kier molecular flexibility index (Phi) is 14.1. The van der Waals surface area contributed by atoms with Gasteiger partial charge in [-0.25, -0.2) is 0 Å². The maximum absolute atomic E-state index is 10.4. The summed E-state index contributed by atoms with van der Waals surface area (Å²) < 4.78 is 0. The van der Waals surface area contributed by atoms with Crippen molar-refractivity contribution in [2.45, 2.75) is 95.6 Å². The summed E-state index contributed by atoms with van der Waals surface area (Å²) in [6, 6.07) is 0. The standard InChI is InChI=1S/C16H32O2S/c1-2-3-4-5-6-7-8-9-10-12-15(19)13-11-14-16(17)18/h15,19H,2-14H2,1H3,(H,17,18). The molecule has 0 radical (unpaired) electrons. The van der Waals surface area contributed by atoms with Gasteiger partial charge in [0.15, 0.2) is 0 Å². The van der Waals surface area contributed by atoms with Crippen LogP contribution in [0, 0.1) is 0 Å². The first-order valence-electron chi connectivity index (χ1n) is 8.06. The first kappa shape index (κ1) is 18.8. The molecule has 0 heterocycles. The predicted molar refractivity (Wildman–Crippen MR) is 86.1 cm³/mol. The Morgan fingerprint density at radius 3 is 1.89 bits per heavy atom. The normalized spacial score (nSPS) is 12.5. The van der Waals surface area contributed by atoms with Crippen LogP contribution in [0.15, 0.2) is 0 Å². The molecule has 0 bridgehead atoms. The molecule has 2 nitrogen and oxygen atoms in total. The number of unbranched alkanes of at least 4 members (excludes halogenated alkanes) is 8. The molecule has 0 spiro atoms. The molecule has 0 saturated heterocycles. The van der Waals surface area contributed by atoms with Gasteiger partial charge in [0.2, 0.25) is 0 Å². The van der Waals surface area contributed by atoms with Gasteiger partial charge in [-0.2, -0.15) is 12.6 Å². The number of aliphatic carboxylic acids is 1. The van der Waals surface area contributed by atoms with Gasteiger partial charge in [-0.15, -0.1) is 0 Å². The lowest BCUT2D eigenvalue weighted by Gasteiger charge is -2.09. The topological polar surface area (TPSA) is 37.3 Å². The van der Waals surface area contributed by atoms with Crippen molar-refractivity contribution in [1.82, 2.24) is 0 Å². The van der Waals surface area contributed by atoms with Crippen molar-refractivity contribution < 1.29 is 9.90 Å². The molecule has 0 rings (SSSR count). The Bertz CT molecular complexity index is 207. The van der Waals surface area contributed by atoms with Crippen LogP contribution in [0.5, 0.6) is 0 Å². The van der Waals surface area contributed by atoms with Crippen molar-refractivity contribution in [3.63, 3.8) is 0 Å². The number of carbonyl (C=O) groups is 1. The molecule has 3 heteroatoms. The molecule has 1 unspecified atom stereocenters. The van der Waals surface area contributed by atoms with Crippen molar-refractivity contribution in [3.8, 4) is 0 Å². The third-order valence-corrected chi connectivity index (χ3v) is 4.09. The van der Waals surface area contributed by atoms with Crippen LogP contribution >= 0.6 is 12.6 Å². The Labute approximate surface area is 124 Å². The van der Waals surface area contributed by atoms with E-state index in [1.807, 2.05) is 0 Å². The third-order valence-electron chi connectivity index (χ3n) is 3.57.